The molecule has 0 saturated carbocycles. The summed E-state index contributed by atoms with van der Waals surface area (Å²) in [6.45, 7) is 4.14. The minimum Gasteiger partial charge on any atom is -0.409 e. The Bertz CT molecular complexity index is 370. The molecule has 0 aromatic heterocycles. The molecule has 1 rings (SSSR count). The third-order valence-corrected chi connectivity index (χ3v) is 3.47. The van der Waals surface area contributed by atoms with Crippen LogP contribution in [0.2, 0.25) is 0 Å². The predicted molar refractivity (Wildman–Crippen MR) is 65.7 cm³/mol. The highest BCUT2D eigenvalue weighted by Gasteiger charge is 2.38. The highest BCUT2D eigenvalue weighted by atomic mass is 16.4. The topological polar surface area (TPSA) is 122 Å². The standard InChI is InChI=1S/C11H20N4O3/c1-11(2,9(13)14-18)10(17)15-5-3-7(4-6-15)8(12)16/h7,18H,3-6H2,1-2H3,(H2,12,16)(H2,13,14). The molecule has 2 amide bonds. The Morgan fingerprint density at radius 1 is 1.28 bits per heavy atom. The van der Waals surface area contributed by atoms with Crippen LogP contribution in [0.5, 0.6) is 0 Å². The average Bonchev–Trinajstić information content (AvgIpc) is 2.36. The number of oxime groups is 1. The van der Waals surface area contributed by atoms with Gasteiger partial charge in [0.05, 0.1) is 0 Å². The molecular formula is C11H20N4O3. The summed E-state index contributed by atoms with van der Waals surface area (Å²) >= 11 is 0. The number of hydrogen-bond donors (Lipinski definition) is 3. The highest BCUT2D eigenvalue weighted by molar-refractivity contribution is 6.05. The van der Waals surface area contributed by atoms with Gasteiger partial charge in [0, 0.05) is 19.0 Å². The van der Waals surface area contributed by atoms with Crippen molar-refractivity contribution in [3.05, 3.63) is 0 Å². The third kappa shape index (κ3) is 2.72. The number of rotatable bonds is 3. The molecule has 0 radical (unpaired) electrons. The van der Waals surface area contributed by atoms with Crippen molar-refractivity contribution < 1.29 is 14.8 Å². The molecule has 18 heavy (non-hydrogen) atoms. The van der Waals surface area contributed by atoms with Crippen molar-refractivity contribution in [2.45, 2.75) is 26.7 Å². The number of likely N-dealkylation sites (tertiary alicyclic amines) is 1. The zero-order valence-corrected chi connectivity index (χ0v) is 10.7. The Kier molecular flexibility index (Phi) is 4.15. The third-order valence-electron chi connectivity index (χ3n) is 3.47. The van der Waals surface area contributed by atoms with Crippen LogP contribution < -0.4 is 11.5 Å². The molecule has 5 N–H and O–H groups in total. The van der Waals surface area contributed by atoms with Gasteiger partial charge in [0.15, 0.2) is 5.84 Å². The van der Waals surface area contributed by atoms with E-state index in [9.17, 15) is 9.59 Å². The lowest BCUT2D eigenvalue weighted by Gasteiger charge is -2.35. The van der Waals surface area contributed by atoms with E-state index in [0.717, 1.165) is 0 Å². The monoisotopic (exact) mass is 256 g/mol. The second kappa shape index (κ2) is 5.24. The van der Waals surface area contributed by atoms with Crippen LogP contribution in [0, 0.1) is 11.3 Å². The molecule has 0 spiro atoms. The lowest BCUT2D eigenvalue weighted by atomic mass is 9.88. The van der Waals surface area contributed by atoms with Crippen LogP contribution in [0.3, 0.4) is 0 Å². The van der Waals surface area contributed by atoms with Crippen molar-refractivity contribution in [3.63, 3.8) is 0 Å². The quantitative estimate of drug-likeness (QED) is 0.272. The second-order valence-corrected chi connectivity index (χ2v) is 5.08. The van der Waals surface area contributed by atoms with Gasteiger partial charge in [-0.25, -0.2) is 0 Å². The average molecular weight is 256 g/mol. The van der Waals surface area contributed by atoms with E-state index in [0.29, 0.717) is 25.9 Å². The molecule has 1 saturated heterocycles. The molecule has 7 heteroatoms. The number of carbonyl (C=O) groups is 2. The first-order valence-electron chi connectivity index (χ1n) is 5.87. The molecule has 1 fully saturated rings. The van der Waals surface area contributed by atoms with Gasteiger partial charge >= 0.3 is 0 Å². The van der Waals surface area contributed by atoms with Gasteiger partial charge in [-0.15, -0.1) is 0 Å². The van der Waals surface area contributed by atoms with Crippen molar-refractivity contribution in [2.24, 2.45) is 28.0 Å². The van der Waals surface area contributed by atoms with Gasteiger partial charge < -0.3 is 21.6 Å². The Labute approximate surface area is 106 Å². The predicted octanol–water partition coefficient (Wildman–Crippen LogP) is -0.517. The first kappa shape index (κ1) is 14.3. The normalized spacial score (nSPS) is 18.8. The van der Waals surface area contributed by atoms with Crippen molar-refractivity contribution in [3.8, 4) is 0 Å². The van der Waals surface area contributed by atoms with E-state index >= 15 is 0 Å². The van der Waals surface area contributed by atoms with Crippen molar-refractivity contribution in [1.29, 1.82) is 0 Å². The molecule has 0 bridgehead atoms. The molecular weight excluding hydrogens is 236 g/mol. The smallest absolute Gasteiger partial charge is 0.235 e. The summed E-state index contributed by atoms with van der Waals surface area (Å²) in [5.74, 6) is -0.816. The molecule has 102 valence electrons. The number of amides is 2. The van der Waals surface area contributed by atoms with E-state index in [4.69, 9.17) is 16.7 Å². The number of amidine groups is 1. The van der Waals surface area contributed by atoms with Crippen LogP contribution >= 0.6 is 0 Å². The maximum absolute atomic E-state index is 12.2. The van der Waals surface area contributed by atoms with Gasteiger partial charge in [0.2, 0.25) is 11.8 Å². The van der Waals surface area contributed by atoms with E-state index in [1.165, 1.54) is 0 Å². The number of nitrogens with two attached hydrogens (primary N) is 2. The molecule has 7 nitrogen and oxygen atoms in total. The summed E-state index contributed by atoms with van der Waals surface area (Å²) in [5.41, 5.74) is 9.69. The fraction of sp³-hybridized carbons (Fsp3) is 0.727. The van der Waals surface area contributed by atoms with E-state index in [1.807, 2.05) is 0 Å². The minimum absolute atomic E-state index is 0.121. The lowest BCUT2D eigenvalue weighted by Crippen LogP contribution is -2.51. The van der Waals surface area contributed by atoms with Crippen LogP contribution in [0.4, 0.5) is 0 Å². The maximum atomic E-state index is 12.2. The van der Waals surface area contributed by atoms with Gasteiger partial charge in [0.1, 0.15) is 5.41 Å². The van der Waals surface area contributed by atoms with Crippen LogP contribution in [0.25, 0.3) is 0 Å². The molecule has 1 heterocycles. The van der Waals surface area contributed by atoms with Crippen molar-refractivity contribution >= 4 is 17.6 Å². The van der Waals surface area contributed by atoms with E-state index in [2.05, 4.69) is 5.16 Å². The van der Waals surface area contributed by atoms with Gasteiger partial charge in [-0.3, -0.25) is 9.59 Å². The minimum atomic E-state index is -1.05. The Balaban J connectivity index is 2.68. The first-order chi connectivity index (χ1) is 8.30. The van der Waals surface area contributed by atoms with Gasteiger partial charge in [0.25, 0.3) is 0 Å². The molecule has 0 aromatic rings. The van der Waals surface area contributed by atoms with Crippen LogP contribution in [-0.2, 0) is 9.59 Å². The largest absolute Gasteiger partial charge is 0.409 e. The van der Waals surface area contributed by atoms with Crippen molar-refractivity contribution in [2.75, 3.05) is 13.1 Å². The van der Waals surface area contributed by atoms with Crippen LogP contribution in [-0.4, -0.2) is 40.8 Å². The summed E-state index contributed by atoms with van der Waals surface area (Å²) in [6, 6.07) is 0. The summed E-state index contributed by atoms with van der Waals surface area (Å²) < 4.78 is 0. The summed E-state index contributed by atoms with van der Waals surface area (Å²) in [6.07, 6.45) is 1.13. The zero-order chi connectivity index (χ0) is 13.9. The van der Waals surface area contributed by atoms with Crippen LogP contribution in [0.1, 0.15) is 26.7 Å². The Hall–Kier alpha value is -1.79. The number of hydrogen-bond acceptors (Lipinski definition) is 4. The molecule has 1 aliphatic rings. The fourth-order valence-electron chi connectivity index (χ4n) is 2.00. The fourth-order valence-corrected chi connectivity index (χ4v) is 2.00. The SMILES string of the molecule is CC(C)(C(=O)N1CCC(C(N)=O)CC1)C(N)=NO. The summed E-state index contributed by atoms with van der Waals surface area (Å²) in [4.78, 5) is 24.9. The van der Waals surface area contributed by atoms with E-state index < -0.39 is 5.41 Å². The van der Waals surface area contributed by atoms with Gasteiger partial charge in [-0.1, -0.05) is 5.16 Å². The molecule has 0 unspecified atom stereocenters. The number of carbonyl (C=O) groups excluding carboxylic acids is 2. The first-order valence-corrected chi connectivity index (χ1v) is 5.87. The molecule has 0 aliphatic carbocycles. The number of piperidine rings is 1. The molecule has 0 atom stereocenters. The number of primary amides is 1. The maximum Gasteiger partial charge on any atom is 0.235 e. The number of nitrogens with zero attached hydrogens (tertiary/aromatic N) is 2. The van der Waals surface area contributed by atoms with E-state index in [-0.39, 0.29) is 23.6 Å². The Morgan fingerprint density at radius 3 is 2.17 bits per heavy atom. The van der Waals surface area contributed by atoms with E-state index in [1.54, 1.807) is 18.7 Å². The van der Waals surface area contributed by atoms with Crippen molar-refractivity contribution in [1.82, 2.24) is 4.90 Å². The zero-order valence-electron chi connectivity index (χ0n) is 10.7. The summed E-state index contributed by atoms with van der Waals surface area (Å²) in [7, 11) is 0. The molecule has 1 aliphatic heterocycles. The molecule has 0 aromatic carbocycles. The van der Waals surface area contributed by atoms with Gasteiger partial charge in [-0.05, 0) is 26.7 Å². The lowest BCUT2D eigenvalue weighted by molar-refractivity contribution is -0.140. The second-order valence-electron chi connectivity index (χ2n) is 5.08. The highest BCUT2D eigenvalue weighted by Crippen LogP contribution is 2.24. The Morgan fingerprint density at radius 2 is 1.78 bits per heavy atom. The van der Waals surface area contributed by atoms with Gasteiger partial charge in [-0.2, -0.15) is 0 Å². The van der Waals surface area contributed by atoms with Crippen LogP contribution in [0.15, 0.2) is 5.16 Å². The summed E-state index contributed by atoms with van der Waals surface area (Å²) in [5, 5.41) is 11.6.